The molecule has 9 heteroatoms. The molecule has 1 aliphatic rings. The van der Waals surface area contributed by atoms with Gasteiger partial charge < -0.3 is 4.52 Å². The maximum atomic E-state index is 12.1. The first kappa shape index (κ1) is 20.0. The lowest BCUT2D eigenvalue weighted by molar-refractivity contribution is 0.186. The molecule has 0 N–H and O–H groups in total. The van der Waals surface area contributed by atoms with E-state index in [1.54, 1.807) is 24.5 Å². The van der Waals surface area contributed by atoms with E-state index in [2.05, 4.69) is 20.0 Å². The Morgan fingerprint density at radius 1 is 1.17 bits per heavy atom. The highest BCUT2D eigenvalue weighted by atomic mass is 35.5. The number of piperidine rings is 1. The Labute approximate surface area is 174 Å². The van der Waals surface area contributed by atoms with Gasteiger partial charge in [0.1, 0.15) is 0 Å². The van der Waals surface area contributed by atoms with E-state index in [1.807, 2.05) is 12.1 Å². The number of benzene rings is 1. The molecule has 0 saturated carbocycles. The quantitative estimate of drug-likeness (QED) is 0.608. The zero-order valence-corrected chi connectivity index (χ0v) is 17.5. The van der Waals surface area contributed by atoms with Crippen LogP contribution in [-0.2, 0) is 16.4 Å². The summed E-state index contributed by atoms with van der Waals surface area (Å²) in [6.45, 7) is 2.21. The van der Waals surface area contributed by atoms with E-state index in [0.29, 0.717) is 28.2 Å². The molecule has 0 radical (unpaired) electrons. The van der Waals surface area contributed by atoms with Gasteiger partial charge in [0.05, 0.1) is 4.90 Å². The molecule has 0 unspecified atom stereocenters. The Balaban J connectivity index is 1.42. The average molecular weight is 433 g/mol. The van der Waals surface area contributed by atoms with Gasteiger partial charge in [-0.3, -0.25) is 9.88 Å². The fraction of sp³-hybridized carbons (Fsp3) is 0.350. The molecule has 7 nitrogen and oxygen atoms in total. The molecule has 3 heterocycles. The predicted molar refractivity (Wildman–Crippen MR) is 109 cm³/mol. The molecule has 0 amide bonds. The van der Waals surface area contributed by atoms with E-state index in [0.717, 1.165) is 37.1 Å². The summed E-state index contributed by atoms with van der Waals surface area (Å²) in [5, 5.41) is 4.51. The second-order valence-corrected chi connectivity index (χ2v) is 9.69. The monoisotopic (exact) mass is 432 g/mol. The van der Waals surface area contributed by atoms with Gasteiger partial charge in [-0.25, -0.2) is 8.42 Å². The van der Waals surface area contributed by atoms with Crippen molar-refractivity contribution in [2.45, 2.75) is 30.2 Å². The van der Waals surface area contributed by atoms with E-state index < -0.39 is 9.84 Å². The molecule has 1 aliphatic heterocycles. The second kappa shape index (κ2) is 8.22. The minimum absolute atomic E-state index is 0.203. The van der Waals surface area contributed by atoms with Crippen molar-refractivity contribution >= 4 is 21.4 Å². The lowest BCUT2D eigenvalue weighted by Gasteiger charge is -2.30. The summed E-state index contributed by atoms with van der Waals surface area (Å²) in [5.41, 5.74) is 1.65. The minimum Gasteiger partial charge on any atom is -0.339 e. The van der Waals surface area contributed by atoms with E-state index in [9.17, 15) is 8.42 Å². The highest BCUT2D eigenvalue weighted by molar-refractivity contribution is 7.90. The zero-order chi connectivity index (χ0) is 20.4. The summed E-state index contributed by atoms with van der Waals surface area (Å²) in [7, 11) is -3.33. The molecular weight excluding hydrogens is 412 g/mol. The van der Waals surface area contributed by atoms with Crippen LogP contribution in [0.2, 0.25) is 5.02 Å². The largest absolute Gasteiger partial charge is 0.339 e. The molecule has 0 spiro atoms. The topological polar surface area (TPSA) is 89.2 Å². The fourth-order valence-electron chi connectivity index (χ4n) is 3.60. The van der Waals surface area contributed by atoms with Crippen LogP contribution < -0.4 is 0 Å². The maximum Gasteiger partial charge on any atom is 0.230 e. The van der Waals surface area contributed by atoms with E-state index in [-0.39, 0.29) is 5.92 Å². The van der Waals surface area contributed by atoms with E-state index in [1.165, 1.54) is 12.3 Å². The molecule has 0 atom stereocenters. The van der Waals surface area contributed by atoms with Crippen molar-refractivity contribution in [2.24, 2.45) is 0 Å². The van der Waals surface area contributed by atoms with Gasteiger partial charge in [0.2, 0.25) is 11.7 Å². The van der Waals surface area contributed by atoms with Crippen LogP contribution in [0.4, 0.5) is 0 Å². The summed E-state index contributed by atoms with van der Waals surface area (Å²) < 4.78 is 29.7. The summed E-state index contributed by atoms with van der Waals surface area (Å²) in [6, 6.07) is 8.75. The molecule has 3 aromatic rings. The van der Waals surface area contributed by atoms with Crippen LogP contribution in [-0.4, -0.2) is 47.8 Å². The third-order valence-electron chi connectivity index (χ3n) is 5.14. The van der Waals surface area contributed by atoms with Crippen LogP contribution in [0.25, 0.3) is 11.4 Å². The molecule has 152 valence electrons. The van der Waals surface area contributed by atoms with Crippen molar-refractivity contribution in [2.75, 3.05) is 19.3 Å². The van der Waals surface area contributed by atoms with Gasteiger partial charge in [0.25, 0.3) is 0 Å². The standard InChI is InChI=1S/C20H21ClN4O3S/c1-29(26,27)18-12-17(21)3-2-16(18)13-25-10-6-15(7-11-25)20-23-19(24-28-20)14-4-8-22-9-5-14/h2-5,8-9,12,15H,6-7,10-11,13H2,1H3. The van der Waals surface area contributed by atoms with Crippen molar-refractivity contribution in [3.63, 3.8) is 0 Å². The number of likely N-dealkylation sites (tertiary alicyclic amines) is 1. The minimum atomic E-state index is -3.33. The molecular formula is C20H21ClN4O3S. The van der Waals surface area contributed by atoms with Gasteiger partial charge in [0.15, 0.2) is 9.84 Å². The van der Waals surface area contributed by atoms with Crippen molar-refractivity contribution in [3.05, 3.63) is 59.2 Å². The third kappa shape index (κ3) is 4.66. The molecule has 0 aliphatic carbocycles. The Morgan fingerprint density at radius 3 is 2.59 bits per heavy atom. The normalized spacial score (nSPS) is 16.2. The Morgan fingerprint density at radius 2 is 1.90 bits per heavy atom. The fourth-order valence-corrected chi connectivity index (χ4v) is 4.79. The van der Waals surface area contributed by atoms with Gasteiger partial charge >= 0.3 is 0 Å². The Kier molecular flexibility index (Phi) is 5.67. The number of sulfone groups is 1. The smallest absolute Gasteiger partial charge is 0.230 e. The molecule has 29 heavy (non-hydrogen) atoms. The Hall–Kier alpha value is -2.29. The van der Waals surface area contributed by atoms with E-state index in [4.69, 9.17) is 16.1 Å². The number of nitrogens with zero attached hydrogens (tertiary/aromatic N) is 4. The number of hydrogen-bond donors (Lipinski definition) is 0. The number of aromatic nitrogens is 3. The summed E-state index contributed by atoms with van der Waals surface area (Å²) in [6.07, 6.45) is 6.36. The van der Waals surface area contributed by atoms with Crippen molar-refractivity contribution in [1.29, 1.82) is 0 Å². The van der Waals surface area contributed by atoms with Crippen molar-refractivity contribution in [3.8, 4) is 11.4 Å². The third-order valence-corrected chi connectivity index (χ3v) is 6.55. The second-order valence-electron chi connectivity index (χ2n) is 7.27. The summed E-state index contributed by atoms with van der Waals surface area (Å²) in [4.78, 5) is 11.1. The zero-order valence-electron chi connectivity index (χ0n) is 16.0. The number of rotatable bonds is 5. The molecule has 0 bridgehead atoms. The van der Waals surface area contributed by atoms with Crippen LogP contribution in [0.3, 0.4) is 0 Å². The SMILES string of the molecule is CS(=O)(=O)c1cc(Cl)ccc1CN1CCC(c2nc(-c3ccncc3)no2)CC1. The average Bonchev–Trinajstić information content (AvgIpc) is 3.20. The summed E-state index contributed by atoms with van der Waals surface area (Å²) >= 11 is 5.99. The molecule has 1 fully saturated rings. The van der Waals surface area contributed by atoms with E-state index >= 15 is 0 Å². The molecule has 4 rings (SSSR count). The molecule has 1 aromatic carbocycles. The first-order valence-electron chi connectivity index (χ1n) is 9.35. The highest BCUT2D eigenvalue weighted by Gasteiger charge is 2.26. The van der Waals surface area contributed by atoms with Crippen LogP contribution in [0.5, 0.6) is 0 Å². The van der Waals surface area contributed by atoms with Crippen LogP contribution in [0.1, 0.15) is 30.2 Å². The number of pyridine rings is 1. The van der Waals surface area contributed by atoms with Crippen LogP contribution >= 0.6 is 11.6 Å². The number of halogens is 1. The summed E-state index contributed by atoms with van der Waals surface area (Å²) in [5.74, 6) is 1.43. The molecule has 2 aromatic heterocycles. The van der Waals surface area contributed by atoms with Crippen LogP contribution in [0.15, 0.2) is 52.1 Å². The first-order valence-corrected chi connectivity index (χ1v) is 11.6. The van der Waals surface area contributed by atoms with Gasteiger partial charge in [-0.2, -0.15) is 4.98 Å². The van der Waals surface area contributed by atoms with Gasteiger partial charge in [-0.15, -0.1) is 0 Å². The van der Waals surface area contributed by atoms with Gasteiger partial charge in [-0.05, 0) is 55.8 Å². The number of hydrogen-bond acceptors (Lipinski definition) is 7. The molecule has 1 saturated heterocycles. The Bertz CT molecular complexity index is 1090. The predicted octanol–water partition coefficient (Wildman–Crippen LogP) is 3.57. The lowest BCUT2D eigenvalue weighted by Crippen LogP contribution is -2.33. The van der Waals surface area contributed by atoms with Crippen molar-refractivity contribution < 1.29 is 12.9 Å². The highest BCUT2D eigenvalue weighted by Crippen LogP contribution is 2.30. The van der Waals surface area contributed by atoms with Crippen molar-refractivity contribution in [1.82, 2.24) is 20.0 Å². The van der Waals surface area contributed by atoms with Crippen LogP contribution in [0, 0.1) is 0 Å². The first-order chi connectivity index (χ1) is 13.9. The van der Waals surface area contributed by atoms with Gasteiger partial charge in [0, 0.05) is 41.7 Å². The lowest BCUT2D eigenvalue weighted by atomic mass is 9.96. The van der Waals surface area contributed by atoms with Gasteiger partial charge in [-0.1, -0.05) is 22.8 Å². The maximum absolute atomic E-state index is 12.1.